The molecule has 0 heterocycles. The molecule has 0 aromatic heterocycles. The van der Waals surface area contributed by atoms with Gasteiger partial charge in [0.25, 0.3) is 0 Å². The molecular weight excluding hydrogens is 947 g/mol. The van der Waals surface area contributed by atoms with Gasteiger partial charge in [-0.2, -0.15) is 0 Å². The van der Waals surface area contributed by atoms with Crippen molar-refractivity contribution in [3.63, 3.8) is 0 Å². The predicted molar refractivity (Wildman–Crippen MR) is 323 cm³/mol. The zero-order valence-corrected chi connectivity index (χ0v) is 49.2. The number of hydrogen-bond acceptors (Lipinski definition) is 4. The third-order valence-electron chi connectivity index (χ3n) is 14.5. The van der Waals surface area contributed by atoms with Gasteiger partial charge in [-0.05, 0) is 80.3 Å². The Hall–Kier alpha value is -3.43. The van der Waals surface area contributed by atoms with Crippen LogP contribution in [0.2, 0.25) is 0 Å². The van der Waals surface area contributed by atoms with Crippen LogP contribution in [0.1, 0.15) is 301 Å². The first kappa shape index (κ1) is 68.6. The van der Waals surface area contributed by atoms with E-state index in [9.17, 15) is 10.2 Å². The van der Waals surface area contributed by atoms with Crippen LogP contribution < -0.4 is 10.2 Å². The molecule has 3 aromatic rings. The van der Waals surface area contributed by atoms with Gasteiger partial charge in [-0.25, -0.2) is 0 Å². The van der Waals surface area contributed by atoms with Crippen molar-refractivity contribution in [2.24, 2.45) is 9.98 Å². The first-order valence-electron chi connectivity index (χ1n) is 31.1. The molecule has 418 valence electrons. The zero-order valence-electron chi connectivity index (χ0n) is 48.3. The largest absolute Gasteiger partial charge is 2.00 e. The van der Waals surface area contributed by atoms with E-state index >= 15 is 0 Å². The van der Waals surface area contributed by atoms with Crippen LogP contribution in [0.3, 0.4) is 0 Å². The molecule has 0 bridgehead atoms. The topological polar surface area (TPSA) is 70.8 Å². The summed E-state index contributed by atoms with van der Waals surface area (Å²) < 4.78 is 0. The number of benzene rings is 3. The van der Waals surface area contributed by atoms with E-state index in [4.69, 9.17) is 9.98 Å². The van der Waals surface area contributed by atoms with Crippen molar-refractivity contribution in [2.75, 3.05) is 0 Å². The van der Waals surface area contributed by atoms with Crippen LogP contribution in [-0.4, -0.2) is 11.9 Å². The average molecular weight is 1060 g/mol. The van der Waals surface area contributed by atoms with Gasteiger partial charge in [-0.1, -0.05) is 318 Å². The minimum absolute atomic E-state index is 0. The molecule has 74 heavy (non-hydrogen) atoms. The average Bonchev–Trinajstić information content (AvgIpc) is 3.41. The summed E-state index contributed by atoms with van der Waals surface area (Å²) in [7, 11) is 0. The molecule has 3 aromatic carbocycles. The Morgan fingerprint density at radius 3 is 1.08 bits per heavy atom. The molecule has 0 spiro atoms. The predicted octanol–water partition coefficient (Wildman–Crippen LogP) is 22.2. The van der Waals surface area contributed by atoms with Gasteiger partial charge in [0.2, 0.25) is 0 Å². The van der Waals surface area contributed by atoms with E-state index in [1.54, 1.807) is 12.1 Å². The second-order valence-corrected chi connectivity index (χ2v) is 21.3. The molecule has 0 fully saturated rings. The molecule has 0 aliphatic heterocycles. The van der Waals surface area contributed by atoms with Crippen LogP contribution >= 0.6 is 0 Å². The minimum Gasteiger partial charge on any atom is -0.873 e. The Bertz CT molecular complexity index is 1800. The van der Waals surface area contributed by atoms with Crippen molar-refractivity contribution >= 4 is 35.5 Å². The van der Waals surface area contributed by atoms with Gasteiger partial charge in [0.1, 0.15) is 0 Å². The van der Waals surface area contributed by atoms with Crippen molar-refractivity contribution in [1.82, 2.24) is 0 Å². The first-order chi connectivity index (χ1) is 36.0. The van der Waals surface area contributed by atoms with E-state index in [1.807, 2.05) is 13.1 Å². The third-order valence-corrected chi connectivity index (χ3v) is 14.5. The van der Waals surface area contributed by atoms with Crippen LogP contribution in [-0.2, 0) is 22.9 Å². The maximum atomic E-state index is 10.9. The van der Waals surface area contributed by atoms with Crippen molar-refractivity contribution in [2.45, 2.75) is 291 Å². The number of hydrogen-bond donors (Lipinski definition) is 0. The summed E-state index contributed by atoms with van der Waals surface area (Å²) in [5.74, 6) is -0.760. The van der Waals surface area contributed by atoms with Gasteiger partial charge in [0, 0.05) is 6.21 Å². The summed E-state index contributed by atoms with van der Waals surface area (Å²) >= 11 is 0. The number of unbranched alkanes of at least 4 members (excludes halogenated alkanes) is 36. The zero-order chi connectivity index (χ0) is 52.3. The summed E-state index contributed by atoms with van der Waals surface area (Å²) in [4.78, 5) is 9.88. The second-order valence-electron chi connectivity index (χ2n) is 21.3. The Labute approximate surface area is 467 Å². The van der Waals surface area contributed by atoms with E-state index in [2.05, 4.69) is 93.6 Å². The molecule has 3 rings (SSSR count). The number of allylic oxidation sites excluding steroid dienone is 2. The van der Waals surface area contributed by atoms with Crippen LogP contribution in [0.4, 0.5) is 11.4 Å². The maximum Gasteiger partial charge on any atom is 2.00 e. The fourth-order valence-electron chi connectivity index (χ4n) is 9.60. The number of nitrogens with zero attached hydrogens (tertiary/aromatic N) is 2. The molecule has 4 nitrogen and oxygen atoms in total. The van der Waals surface area contributed by atoms with E-state index in [0.29, 0.717) is 12.0 Å². The Morgan fingerprint density at radius 1 is 0.392 bits per heavy atom. The Balaban J connectivity index is 0.00000221. The van der Waals surface area contributed by atoms with E-state index < -0.39 is 5.75 Å². The fourth-order valence-corrected chi connectivity index (χ4v) is 9.60. The van der Waals surface area contributed by atoms with Crippen molar-refractivity contribution in [3.8, 4) is 11.5 Å². The number of para-hydroxylation sites is 1. The molecule has 0 aliphatic carbocycles. The van der Waals surface area contributed by atoms with Gasteiger partial charge in [-0.15, -0.1) is 11.5 Å². The smallest absolute Gasteiger partial charge is 0.873 e. The SMILES string of the molecule is CCCCCCCCCCCCCCCCCCCC=Cc1ccc(N=CC(CCCCC)=Nc2ccc(C=CCCCCCCCCCCCCCCCCCCC)cc2)cc1.CCc1cccc([O-])c1[O-].[Ni+2]. The minimum atomic E-state index is -0.403. The van der Waals surface area contributed by atoms with Crippen LogP contribution in [0.5, 0.6) is 11.5 Å². The van der Waals surface area contributed by atoms with Gasteiger partial charge in [0.15, 0.2) is 0 Å². The molecule has 5 heteroatoms. The van der Waals surface area contributed by atoms with E-state index in [1.165, 1.54) is 261 Å². The summed E-state index contributed by atoms with van der Waals surface area (Å²) in [5.41, 5.74) is 6.18. The van der Waals surface area contributed by atoms with Gasteiger partial charge in [-0.3, -0.25) is 9.98 Å². The van der Waals surface area contributed by atoms with Gasteiger partial charge < -0.3 is 10.2 Å². The van der Waals surface area contributed by atoms with Crippen LogP contribution in [0.15, 0.2) is 88.9 Å². The van der Waals surface area contributed by atoms with E-state index in [-0.39, 0.29) is 22.2 Å². The molecule has 0 N–H and O–H groups in total. The third kappa shape index (κ3) is 39.9. The summed E-state index contributed by atoms with van der Waals surface area (Å²) in [5, 5.41) is 21.6. The first-order valence-corrected chi connectivity index (χ1v) is 31.1. The number of aliphatic imine (C=N–C) groups is 2. The molecule has 0 saturated heterocycles. The van der Waals surface area contributed by atoms with Crippen molar-refractivity contribution in [3.05, 3.63) is 95.6 Å². The maximum absolute atomic E-state index is 10.9. The van der Waals surface area contributed by atoms with Gasteiger partial charge in [0.05, 0.1) is 17.1 Å². The quantitative estimate of drug-likeness (QED) is 0.0321. The molecule has 0 radical (unpaired) electrons. The van der Waals surface area contributed by atoms with Crippen molar-refractivity contribution in [1.29, 1.82) is 0 Å². The van der Waals surface area contributed by atoms with Crippen LogP contribution in [0.25, 0.3) is 12.2 Å². The molecule has 0 amide bonds. The standard InChI is InChI=1S/C61H102N2.C8H10O2.Ni/c1-4-7-10-12-14-16-18-20-22-24-26-28-30-32-34-36-38-40-43-45-57-48-52-59(53-49-57)62-56-61(47-42-9-6-3)63-60-54-50-58(51-55-60)46-44-41-39-37-35-33-31-29-27-25-23-21-19-17-15-13-11-8-5-2;1-2-6-4-3-5-7(9)8(6)10;/h43-46,48-56H,4-42,47H2,1-3H3;3-5,9-10H,2H2,1H3;/q;;+2/p-2. The number of aryl methyl sites for hydroxylation is 1. The molecule has 0 atom stereocenters. The second kappa shape index (κ2) is 51.7. The summed E-state index contributed by atoms with van der Waals surface area (Å²) in [6, 6.07) is 22.0. The molecule has 0 saturated carbocycles. The molecular formula is C69H110N2NiO2. The van der Waals surface area contributed by atoms with Crippen molar-refractivity contribution < 1.29 is 26.7 Å². The Kier molecular flexibility index (Phi) is 47.9. The molecule has 0 unspecified atom stereocenters. The van der Waals surface area contributed by atoms with Gasteiger partial charge >= 0.3 is 16.5 Å². The summed E-state index contributed by atoms with van der Waals surface area (Å²) in [6.07, 6.45) is 67.3. The fraction of sp³-hybridized carbons (Fsp3) is 0.652. The normalized spacial score (nSPS) is 11.8. The molecule has 0 aliphatic rings. The Morgan fingerprint density at radius 2 is 0.730 bits per heavy atom. The number of rotatable bonds is 46. The van der Waals surface area contributed by atoms with Crippen LogP contribution in [0, 0.1) is 0 Å². The monoisotopic (exact) mass is 1060 g/mol. The van der Waals surface area contributed by atoms with E-state index in [0.717, 1.165) is 29.9 Å². The summed E-state index contributed by atoms with van der Waals surface area (Å²) in [6.45, 7) is 8.72.